The van der Waals surface area contributed by atoms with Gasteiger partial charge in [-0.05, 0) is 38.1 Å². The lowest BCUT2D eigenvalue weighted by atomic mass is 10.2. The van der Waals surface area contributed by atoms with Gasteiger partial charge < -0.3 is 5.32 Å². The number of hydrogen-bond donors (Lipinski definition) is 1. The van der Waals surface area contributed by atoms with Crippen molar-refractivity contribution in [1.82, 2.24) is 20.0 Å². The van der Waals surface area contributed by atoms with Gasteiger partial charge in [0.15, 0.2) is 0 Å². The zero-order chi connectivity index (χ0) is 14.8. The molecule has 1 aromatic carbocycles. The van der Waals surface area contributed by atoms with Gasteiger partial charge in [0.05, 0.1) is 11.4 Å². The molecule has 3 rings (SSSR count). The molecule has 4 nitrogen and oxygen atoms in total. The van der Waals surface area contributed by atoms with Crippen molar-refractivity contribution < 1.29 is 0 Å². The Morgan fingerprint density at radius 1 is 1.32 bits per heavy atom. The molecule has 1 aliphatic heterocycles. The summed E-state index contributed by atoms with van der Waals surface area (Å²) < 4.78 is 1.94. The van der Waals surface area contributed by atoms with E-state index in [4.69, 9.17) is 11.6 Å². The Kier molecular flexibility index (Phi) is 5.87. The Morgan fingerprint density at radius 3 is 2.73 bits per heavy atom. The van der Waals surface area contributed by atoms with E-state index in [0.717, 1.165) is 42.6 Å². The first-order chi connectivity index (χ1) is 10.1. The van der Waals surface area contributed by atoms with Crippen LogP contribution in [0.25, 0.3) is 5.69 Å². The summed E-state index contributed by atoms with van der Waals surface area (Å²) in [5, 5.41) is 8.85. The molecule has 0 unspecified atom stereocenters. The van der Waals surface area contributed by atoms with Crippen LogP contribution < -0.4 is 5.32 Å². The number of nitrogens with zero attached hydrogens (tertiary/aromatic N) is 3. The summed E-state index contributed by atoms with van der Waals surface area (Å²) in [5.74, 6) is 0. The summed E-state index contributed by atoms with van der Waals surface area (Å²) in [6.07, 6.45) is 2.13. The molecular formula is C16H22Cl2N4. The van der Waals surface area contributed by atoms with Crippen molar-refractivity contribution >= 4 is 24.0 Å². The number of nitrogens with one attached hydrogen (secondary N) is 1. The van der Waals surface area contributed by atoms with Crippen molar-refractivity contribution in [3.8, 4) is 5.69 Å². The second-order valence-corrected chi connectivity index (χ2v) is 6.19. The van der Waals surface area contributed by atoms with Crippen molar-refractivity contribution in [3.63, 3.8) is 0 Å². The van der Waals surface area contributed by atoms with Crippen LogP contribution >= 0.6 is 24.0 Å². The number of benzene rings is 1. The minimum Gasteiger partial charge on any atom is -0.312 e. The summed E-state index contributed by atoms with van der Waals surface area (Å²) in [6.45, 7) is 8.52. The van der Waals surface area contributed by atoms with Gasteiger partial charge in [0.2, 0.25) is 0 Å². The van der Waals surface area contributed by atoms with Crippen LogP contribution in [0.5, 0.6) is 0 Å². The second kappa shape index (κ2) is 7.47. The van der Waals surface area contributed by atoms with Crippen molar-refractivity contribution in [1.29, 1.82) is 0 Å². The van der Waals surface area contributed by atoms with Crippen molar-refractivity contribution in [2.75, 3.05) is 19.6 Å². The average Bonchev–Trinajstić information content (AvgIpc) is 2.81. The molecule has 2 aromatic rings. The zero-order valence-corrected chi connectivity index (χ0v) is 14.5. The van der Waals surface area contributed by atoms with Crippen LogP contribution in [0.4, 0.5) is 0 Å². The molecule has 1 aliphatic rings. The maximum absolute atomic E-state index is 5.94. The molecule has 1 saturated heterocycles. The van der Waals surface area contributed by atoms with E-state index >= 15 is 0 Å². The van der Waals surface area contributed by atoms with Crippen molar-refractivity contribution in [2.45, 2.75) is 26.4 Å². The molecule has 1 atom stereocenters. The van der Waals surface area contributed by atoms with Crippen LogP contribution in [0.15, 0.2) is 30.5 Å². The van der Waals surface area contributed by atoms with Crippen LogP contribution in [-0.2, 0) is 6.54 Å². The van der Waals surface area contributed by atoms with Gasteiger partial charge in [0.25, 0.3) is 0 Å². The minimum atomic E-state index is 0. The highest BCUT2D eigenvalue weighted by Gasteiger charge is 2.17. The third-order valence-corrected chi connectivity index (χ3v) is 4.19. The third kappa shape index (κ3) is 4.02. The zero-order valence-electron chi connectivity index (χ0n) is 12.9. The van der Waals surface area contributed by atoms with Gasteiger partial charge in [-0.3, -0.25) is 4.90 Å². The third-order valence-electron chi connectivity index (χ3n) is 3.94. The number of hydrogen-bond acceptors (Lipinski definition) is 3. The molecule has 0 saturated carbocycles. The lowest BCUT2D eigenvalue weighted by Gasteiger charge is -2.31. The van der Waals surface area contributed by atoms with Crippen LogP contribution in [0, 0.1) is 6.92 Å². The normalized spacial score (nSPS) is 19.0. The summed E-state index contributed by atoms with van der Waals surface area (Å²) in [5.41, 5.74) is 3.43. The van der Waals surface area contributed by atoms with E-state index in [9.17, 15) is 0 Å². The molecule has 1 aromatic heterocycles. The van der Waals surface area contributed by atoms with Gasteiger partial charge >= 0.3 is 0 Å². The molecule has 0 bridgehead atoms. The fraction of sp³-hybridized carbons (Fsp3) is 0.438. The molecule has 0 aliphatic carbocycles. The van der Waals surface area contributed by atoms with E-state index in [0.29, 0.717) is 6.04 Å². The summed E-state index contributed by atoms with van der Waals surface area (Å²) >= 11 is 5.94. The average molecular weight is 341 g/mol. The van der Waals surface area contributed by atoms with Gasteiger partial charge in [-0.15, -0.1) is 12.4 Å². The number of aromatic nitrogens is 2. The first-order valence-corrected chi connectivity index (χ1v) is 7.76. The highest BCUT2D eigenvalue weighted by molar-refractivity contribution is 6.30. The highest BCUT2D eigenvalue weighted by atomic mass is 35.5. The van der Waals surface area contributed by atoms with E-state index in [1.165, 1.54) is 5.56 Å². The quantitative estimate of drug-likeness (QED) is 0.932. The van der Waals surface area contributed by atoms with Crippen molar-refractivity contribution in [3.05, 3.63) is 46.7 Å². The largest absolute Gasteiger partial charge is 0.312 e. The van der Waals surface area contributed by atoms with Crippen molar-refractivity contribution in [2.24, 2.45) is 0 Å². The molecule has 22 heavy (non-hydrogen) atoms. The molecule has 0 amide bonds. The lowest BCUT2D eigenvalue weighted by molar-refractivity contribution is 0.199. The molecular weight excluding hydrogens is 319 g/mol. The molecule has 6 heteroatoms. The molecule has 0 radical (unpaired) electrons. The fourth-order valence-electron chi connectivity index (χ4n) is 2.77. The monoisotopic (exact) mass is 340 g/mol. The fourth-order valence-corrected chi connectivity index (χ4v) is 2.90. The first kappa shape index (κ1) is 17.3. The van der Waals surface area contributed by atoms with Gasteiger partial charge in [-0.2, -0.15) is 5.10 Å². The Hall–Kier alpha value is -1.07. The molecule has 1 N–H and O–H groups in total. The van der Waals surface area contributed by atoms with Gasteiger partial charge in [-0.1, -0.05) is 11.6 Å². The minimum absolute atomic E-state index is 0. The number of halogens is 2. The predicted octanol–water partition coefficient (Wildman–Crippen LogP) is 3.05. The first-order valence-electron chi connectivity index (χ1n) is 7.38. The van der Waals surface area contributed by atoms with Gasteiger partial charge in [-0.25, -0.2) is 4.68 Å². The smallest absolute Gasteiger partial charge is 0.0646 e. The Balaban J connectivity index is 0.00000176. The van der Waals surface area contributed by atoms with Crippen LogP contribution in [-0.4, -0.2) is 40.4 Å². The maximum Gasteiger partial charge on any atom is 0.0646 e. The molecule has 120 valence electrons. The van der Waals surface area contributed by atoms with Gasteiger partial charge in [0.1, 0.15) is 0 Å². The molecule has 0 spiro atoms. The van der Waals surface area contributed by atoms with E-state index < -0.39 is 0 Å². The number of piperazine rings is 1. The molecule has 2 heterocycles. The Bertz CT molecular complexity index is 609. The van der Waals surface area contributed by atoms with Crippen LogP contribution in [0.1, 0.15) is 18.2 Å². The van der Waals surface area contributed by atoms with Crippen LogP contribution in [0.2, 0.25) is 5.02 Å². The summed E-state index contributed by atoms with van der Waals surface area (Å²) in [4.78, 5) is 2.48. The Labute approximate surface area is 142 Å². The number of rotatable bonds is 3. The standard InChI is InChI=1S/C16H21ClN4.ClH/c1-12-9-20(8-7-18-12)10-14-11-21(19-13(14)2)16-5-3-15(17)4-6-16;/h3-6,11-12,18H,7-10H2,1-2H3;1H/t12-;/m1./s1. The summed E-state index contributed by atoms with van der Waals surface area (Å²) in [6, 6.07) is 8.33. The SMILES string of the molecule is Cc1nn(-c2ccc(Cl)cc2)cc1CN1CCN[C@H](C)C1.Cl. The van der Waals surface area contributed by atoms with Gasteiger partial charge in [0, 0.05) is 49.0 Å². The second-order valence-electron chi connectivity index (χ2n) is 5.75. The number of aryl methyl sites for hydroxylation is 1. The van der Waals surface area contributed by atoms with E-state index in [1.54, 1.807) is 0 Å². The molecule has 1 fully saturated rings. The maximum atomic E-state index is 5.94. The van der Waals surface area contributed by atoms with Crippen LogP contribution in [0.3, 0.4) is 0 Å². The Morgan fingerprint density at radius 2 is 2.05 bits per heavy atom. The summed E-state index contributed by atoms with van der Waals surface area (Å²) in [7, 11) is 0. The lowest BCUT2D eigenvalue weighted by Crippen LogP contribution is -2.48. The van der Waals surface area contributed by atoms with E-state index in [2.05, 4.69) is 35.4 Å². The topological polar surface area (TPSA) is 33.1 Å². The predicted molar refractivity (Wildman–Crippen MR) is 93.3 cm³/mol. The van der Waals surface area contributed by atoms with E-state index in [-0.39, 0.29) is 12.4 Å². The highest BCUT2D eigenvalue weighted by Crippen LogP contribution is 2.17. The van der Waals surface area contributed by atoms with E-state index in [1.807, 2.05) is 28.9 Å².